The molecule has 4 rings (SSSR count). The fourth-order valence-corrected chi connectivity index (χ4v) is 3.32. The second kappa shape index (κ2) is 8.00. The van der Waals surface area contributed by atoms with E-state index in [2.05, 4.69) is 5.10 Å². The van der Waals surface area contributed by atoms with E-state index in [1.165, 1.54) is 12.1 Å². The molecule has 6 nitrogen and oxygen atoms in total. The molecule has 1 amide bonds. The fraction of sp³-hybridized carbons (Fsp3) is 0.0870. The predicted octanol–water partition coefficient (Wildman–Crippen LogP) is 5.19. The minimum Gasteiger partial charge on any atom is -0.465 e. The third kappa shape index (κ3) is 3.65. The van der Waals surface area contributed by atoms with Gasteiger partial charge in [-0.15, -0.1) is 0 Å². The van der Waals surface area contributed by atoms with E-state index in [1.54, 1.807) is 43.3 Å². The van der Waals surface area contributed by atoms with Gasteiger partial charge in [0.1, 0.15) is 11.5 Å². The molecule has 1 aliphatic rings. The maximum absolute atomic E-state index is 12.8. The highest BCUT2D eigenvalue weighted by Gasteiger charge is 2.29. The van der Waals surface area contributed by atoms with Gasteiger partial charge < -0.3 is 9.15 Å². The first-order chi connectivity index (χ1) is 14.5. The SMILES string of the molecule is COC(=O)c1ccc(Cl)c(-c2ccc(/C=C3/C(=O)N(c4ccccc4)N=C3C)o2)c1. The van der Waals surface area contributed by atoms with Crippen LogP contribution in [0.1, 0.15) is 23.0 Å². The Morgan fingerprint density at radius 3 is 2.63 bits per heavy atom. The van der Waals surface area contributed by atoms with Gasteiger partial charge in [-0.3, -0.25) is 4.79 Å². The number of carbonyl (C=O) groups excluding carboxylic acids is 2. The van der Waals surface area contributed by atoms with E-state index in [0.29, 0.717) is 44.6 Å². The maximum atomic E-state index is 12.8. The number of ether oxygens (including phenoxy) is 1. The quantitative estimate of drug-likeness (QED) is 0.430. The number of esters is 1. The number of para-hydroxylation sites is 1. The summed E-state index contributed by atoms with van der Waals surface area (Å²) in [6.45, 7) is 1.77. The van der Waals surface area contributed by atoms with Gasteiger partial charge in [0.15, 0.2) is 0 Å². The number of hydrogen-bond acceptors (Lipinski definition) is 5. The Morgan fingerprint density at radius 2 is 1.90 bits per heavy atom. The third-order valence-corrected chi connectivity index (χ3v) is 4.96. The molecule has 0 fully saturated rings. The lowest BCUT2D eigenvalue weighted by atomic mass is 10.1. The first kappa shape index (κ1) is 19.7. The highest BCUT2D eigenvalue weighted by molar-refractivity contribution is 6.33. The summed E-state index contributed by atoms with van der Waals surface area (Å²) < 4.78 is 10.6. The summed E-state index contributed by atoms with van der Waals surface area (Å²) in [7, 11) is 1.31. The third-order valence-electron chi connectivity index (χ3n) is 4.63. The number of halogens is 1. The van der Waals surface area contributed by atoms with Crippen LogP contribution in [0.15, 0.2) is 75.8 Å². The Morgan fingerprint density at radius 1 is 1.13 bits per heavy atom. The van der Waals surface area contributed by atoms with Crippen molar-refractivity contribution < 1.29 is 18.7 Å². The van der Waals surface area contributed by atoms with Crippen LogP contribution in [0.2, 0.25) is 5.02 Å². The van der Waals surface area contributed by atoms with Crippen molar-refractivity contribution in [3.05, 3.63) is 82.6 Å². The molecule has 2 aromatic carbocycles. The van der Waals surface area contributed by atoms with Crippen LogP contribution >= 0.6 is 11.6 Å². The molecule has 7 heteroatoms. The number of methoxy groups -OCH3 is 1. The Balaban J connectivity index is 1.64. The van der Waals surface area contributed by atoms with Gasteiger partial charge in [0.2, 0.25) is 0 Å². The topological polar surface area (TPSA) is 72.1 Å². The second-order valence-corrected chi connectivity index (χ2v) is 6.99. The average molecular weight is 421 g/mol. The first-order valence-electron chi connectivity index (χ1n) is 9.13. The molecular weight excluding hydrogens is 404 g/mol. The van der Waals surface area contributed by atoms with E-state index in [0.717, 1.165) is 0 Å². The number of anilines is 1. The zero-order valence-corrected chi connectivity index (χ0v) is 17.0. The van der Waals surface area contributed by atoms with Gasteiger partial charge in [0.25, 0.3) is 5.91 Å². The van der Waals surface area contributed by atoms with Crippen molar-refractivity contribution in [2.45, 2.75) is 6.92 Å². The molecule has 0 spiro atoms. The van der Waals surface area contributed by atoms with Gasteiger partial charge >= 0.3 is 5.97 Å². The van der Waals surface area contributed by atoms with Crippen LogP contribution in [0, 0.1) is 0 Å². The van der Waals surface area contributed by atoms with Crippen molar-refractivity contribution in [1.29, 1.82) is 0 Å². The average Bonchev–Trinajstić information content (AvgIpc) is 3.34. The van der Waals surface area contributed by atoms with Crippen molar-refractivity contribution in [3.63, 3.8) is 0 Å². The second-order valence-electron chi connectivity index (χ2n) is 6.58. The van der Waals surface area contributed by atoms with E-state index in [4.69, 9.17) is 20.8 Å². The summed E-state index contributed by atoms with van der Waals surface area (Å²) in [5.41, 5.74) is 2.64. The molecule has 3 aromatic rings. The van der Waals surface area contributed by atoms with Gasteiger partial charge in [-0.1, -0.05) is 29.8 Å². The largest absolute Gasteiger partial charge is 0.465 e. The summed E-state index contributed by atoms with van der Waals surface area (Å²) >= 11 is 6.28. The minimum absolute atomic E-state index is 0.234. The molecule has 0 N–H and O–H groups in total. The Hall–Kier alpha value is -3.64. The molecule has 0 atom stereocenters. The van der Waals surface area contributed by atoms with Gasteiger partial charge in [0, 0.05) is 5.56 Å². The van der Waals surface area contributed by atoms with Crippen LogP contribution < -0.4 is 5.01 Å². The Labute approximate surface area is 178 Å². The molecule has 150 valence electrons. The number of hydrazone groups is 1. The monoisotopic (exact) mass is 420 g/mol. The molecule has 2 heterocycles. The van der Waals surface area contributed by atoms with E-state index in [9.17, 15) is 9.59 Å². The number of benzene rings is 2. The Kier molecular flexibility index (Phi) is 5.25. The van der Waals surface area contributed by atoms with Crippen LogP contribution in [0.25, 0.3) is 17.4 Å². The van der Waals surface area contributed by atoms with E-state index in [1.807, 2.05) is 30.3 Å². The summed E-state index contributed by atoms with van der Waals surface area (Å²) in [5, 5.41) is 6.15. The fourth-order valence-electron chi connectivity index (χ4n) is 3.10. The molecule has 0 radical (unpaired) electrons. The number of rotatable bonds is 4. The number of amides is 1. The molecule has 0 saturated carbocycles. The van der Waals surface area contributed by atoms with E-state index >= 15 is 0 Å². The number of nitrogens with zero attached hydrogens (tertiary/aromatic N) is 2. The van der Waals surface area contributed by atoms with Crippen molar-refractivity contribution in [3.8, 4) is 11.3 Å². The van der Waals surface area contributed by atoms with Gasteiger partial charge in [-0.2, -0.15) is 10.1 Å². The number of furan rings is 1. The van der Waals surface area contributed by atoms with Crippen LogP contribution in [0.5, 0.6) is 0 Å². The van der Waals surface area contributed by atoms with Crippen molar-refractivity contribution in [2.75, 3.05) is 12.1 Å². The summed E-state index contributed by atoms with van der Waals surface area (Å²) in [6.07, 6.45) is 1.64. The normalized spacial score (nSPS) is 14.9. The number of carbonyl (C=O) groups is 2. The maximum Gasteiger partial charge on any atom is 0.337 e. The zero-order chi connectivity index (χ0) is 21.3. The molecule has 0 unspecified atom stereocenters. The number of hydrogen-bond donors (Lipinski definition) is 0. The molecule has 0 bridgehead atoms. The Bertz CT molecular complexity index is 1190. The van der Waals surface area contributed by atoms with E-state index in [-0.39, 0.29) is 5.91 Å². The van der Waals surface area contributed by atoms with Gasteiger partial charge in [-0.25, -0.2) is 4.79 Å². The lowest BCUT2D eigenvalue weighted by molar-refractivity contribution is -0.114. The summed E-state index contributed by atoms with van der Waals surface area (Å²) in [5.74, 6) is 0.239. The van der Waals surface area contributed by atoms with Crippen LogP contribution in [0.3, 0.4) is 0 Å². The first-order valence-corrected chi connectivity index (χ1v) is 9.50. The minimum atomic E-state index is -0.466. The lowest BCUT2D eigenvalue weighted by Gasteiger charge is -2.10. The molecule has 0 aliphatic carbocycles. The van der Waals surface area contributed by atoms with E-state index < -0.39 is 5.97 Å². The summed E-state index contributed by atoms with van der Waals surface area (Å²) in [6, 6.07) is 17.5. The smallest absolute Gasteiger partial charge is 0.337 e. The van der Waals surface area contributed by atoms with Crippen molar-refractivity contribution in [2.24, 2.45) is 5.10 Å². The molecule has 1 aromatic heterocycles. The zero-order valence-electron chi connectivity index (χ0n) is 16.3. The highest BCUT2D eigenvalue weighted by Crippen LogP contribution is 2.32. The molecule has 0 saturated heterocycles. The van der Waals surface area contributed by atoms with Gasteiger partial charge in [-0.05, 0) is 55.5 Å². The van der Waals surface area contributed by atoms with Crippen LogP contribution in [-0.4, -0.2) is 24.7 Å². The standard InChI is InChI=1S/C23H17ClN2O4/c1-14-18(22(27)26(25-14)16-6-4-3-5-7-16)13-17-9-11-21(30-17)19-12-15(23(28)29-2)8-10-20(19)24/h3-13H,1-2H3/b18-13+. The predicted molar refractivity (Wildman–Crippen MR) is 116 cm³/mol. The summed E-state index contributed by atoms with van der Waals surface area (Å²) in [4.78, 5) is 24.6. The molecule has 1 aliphatic heterocycles. The van der Waals surface area contributed by atoms with Crippen molar-refractivity contribution in [1.82, 2.24) is 0 Å². The van der Waals surface area contributed by atoms with Crippen LogP contribution in [0.4, 0.5) is 5.69 Å². The lowest BCUT2D eigenvalue weighted by Crippen LogP contribution is -2.21. The van der Waals surface area contributed by atoms with Crippen LogP contribution in [-0.2, 0) is 9.53 Å². The van der Waals surface area contributed by atoms with Gasteiger partial charge in [0.05, 0.1) is 34.7 Å². The molecule has 30 heavy (non-hydrogen) atoms. The molecular formula is C23H17ClN2O4. The highest BCUT2D eigenvalue weighted by atomic mass is 35.5. The van der Waals surface area contributed by atoms with Crippen molar-refractivity contribution >= 4 is 41.0 Å².